The molecule has 0 bridgehead atoms. The Bertz CT molecular complexity index is 597. The average Bonchev–Trinajstić information content (AvgIpc) is 3.05. The first-order valence-electron chi connectivity index (χ1n) is 13.9. The van der Waals surface area contributed by atoms with Gasteiger partial charge in [0.2, 0.25) is 0 Å². The molecule has 0 saturated heterocycles. The highest BCUT2D eigenvalue weighted by atomic mass is 16.3. The van der Waals surface area contributed by atoms with Gasteiger partial charge in [-0.25, -0.2) is 0 Å². The van der Waals surface area contributed by atoms with Gasteiger partial charge < -0.3 is 5.11 Å². The Morgan fingerprint density at radius 2 is 1.57 bits per heavy atom. The lowest BCUT2D eigenvalue weighted by atomic mass is 9.43. The van der Waals surface area contributed by atoms with Crippen molar-refractivity contribution in [3.8, 4) is 0 Å². The highest BCUT2D eigenvalue weighted by Crippen LogP contribution is 2.69. The first-order chi connectivity index (χ1) is 14.2. The summed E-state index contributed by atoms with van der Waals surface area (Å²) in [6.45, 7) is 15.0. The predicted octanol–water partition coefficient (Wildman–Crippen LogP) is 8.25. The van der Waals surface area contributed by atoms with Crippen LogP contribution in [0.5, 0.6) is 0 Å². The molecule has 30 heavy (non-hydrogen) atoms. The maximum atomic E-state index is 11.6. The molecule has 1 nitrogen and oxygen atoms in total. The van der Waals surface area contributed by atoms with E-state index >= 15 is 0 Å². The van der Waals surface area contributed by atoms with Crippen molar-refractivity contribution in [3.63, 3.8) is 0 Å². The number of hydrogen-bond donors (Lipinski definition) is 1. The maximum Gasteiger partial charge on any atom is 0.0703 e. The monoisotopic (exact) mass is 416 g/mol. The summed E-state index contributed by atoms with van der Waals surface area (Å²) in [5.41, 5.74) is 0.420. The van der Waals surface area contributed by atoms with E-state index in [1.54, 1.807) is 0 Å². The first kappa shape index (κ1) is 23.1. The summed E-state index contributed by atoms with van der Waals surface area (Å²) in [6, 6.07) is 0. The lowest BCUT2D eigenvalue weighted by molar-refractivity contribution is -0.205. The van der Waals surface area contributed by atoms with Crippen molar-refractivity contribution < 1.29 is 5.11 Å². The van der Waals surface area contributed by atoms with Crippen molar-refractivity contribution in [3.05, 3.63) is 0 Å². The highest BCUT2D eigenvalue weighted by molar-refractivity contribution is 5.13. The second-order valence-electron chi connectivity index (χ2n) is 13.3. The van der Waals surface area contributed by atoms with Crippen LogP contribution < -0.4 is 0 Å². The van der Waals surface area contributed by atoms with E-state index < -0.39 is 0 Å². The molecule has 4 fully saturated rings. The molecule has 4 aliphatic carbocycles. The molecule has 174 valence electrons. The Labute approximate surface area is 188 Å². The molecule has 0 aromatic rings. The van der Waals surface area contributed by atoms with E-state index in [1.165, 1.54) is 70.6 Å². The van der Waals surface area contributed by atoms with E-state index in [2.05, 4.69) is 41.5 Å². The van der Waals surface area contributed by atoms with Crippen LogP contribution in [-0.2, 0) is 0 Å². The molecule has 1 heteroatoms. The van der Waals surface area contributed by atoms with Gasteiger partial charge in [0, 0.05) is 0 Å². The van der Waals surface area contributed by atoms with Gasteiger partial charge >= 0.3 is 0 Å². The molecule has 9 atom stereocenters. The zero-order valence-corrected chi connectivity index (χ0v) is 21.2. The Hall–Kier alpha value is -0.0400. The van der Waals surface area contributed by atoms with E-state index in [0.717, 1.165) is 54.3 Å². The lowest BCUT2D eigenvalue weighted by Gasteiger charge is -2.63. The Balaban J connectivity index is 1.47. The van der Waals surface area contributed by atoms with Gasteiger partial charge in [0.05, 0.1) is 5.60 Å². The minimum Gasteiger partial charge on any atom is -0.389 e. The van der Waals surface area contributed by atoms with Crippen LogP contribution in [0.1, 0.15) is 125 Å². The van der Waals surface area contributed by atoms with Gasteiger partial charge in [-0.2, -0.15) is 0 Å². The van der Waals surface area contributed by atoms with Crippen LogP contribution in [0.3, 0.4) is 0 Å². The van der Waals surface area contributed by atoms with Gasteiger partial charge in [0.15, 0.2) is 0 Å². The van der Waals surface area contributed by atoms with E-state index in [0.29, 0.717) is 5.41 Å². The number of hydrogen-bond acceptors (Lipinski definition) is 1. The van der Waals surface area contributed by atoms with Crippen LogP contribution in [0.15, 0.2) is 0 Å². The number of rotatable bonds is 6. The van der Waals surface area contributed by atoms with Gasteiger partial charge in [0.25, 0.3) is 0 Å². The minimum atomic E-state index is -0.350. The smallest absolute Gasteiger partial charge is 0.0703 e. The van der Waals surface area contributed by atoms with Crippen LogP contribution in [0.25, 0.3) is 0 Å². The molecule has 0 aliphatic heterocycles. The number of fused-ring (bicyclic) bond motifs is 5. The van der Waals surface area contributed by atoms with E-state index in [-0.39, 0.29) is 11.0 Å². The van der Waals surface area contributed by atoms with Crippen LogP contribution in [0.4, 0.5) is 0 Å². The Morgan fingerprint density at radius 1 is 0.833 bits per heavy atom. The second-order valence-corrected chi connectivity index (χ2v) is 13.3. The summed E-state index contributed by atoms with van der Waals surface area (Å²) in [5, 5.41) is 11.6. The third-order valence-corrected chi connectivity index (χ3v) is 12.0. The SMILES string of the molecule is CC[C@H](CC[C@@H](C)[C@H]1CC[C@H]2[C@@H]3CC[C@]4(O)CCCC[C@]4(C)[C@H]3CC[C@]12C)C(C)C. The highest BCUT2D eigenvalue weighted by Gasteiger charge is 2.63. The van der Waals surface area contributed by atoms with E-state index in [9.17, 15) is 5.11 Å². The number of aliphatic hydroxyl groups is 1. The fourth-order valence-corrected chi connectivity index (χ4v) is 9.92. The lowest BCUT2D eigenvalue weighted by Crippen LogP contribution is -2.61. The van der Waals surface area contributed by atoms with Crippen molar-refractivity contribution >= 4 is 0 Å². The topological polar surface area (TPSA) is 20.2 Å². The molecule has 0 spiro atoms. The van der Waals surface area contributed by atoms with Crippen LogP contribution in [0, 0.1) is 52.3 Å². The molecular weight excluding hydrogens is 364 g/mol. The average molecular weight is 417 g/mol. The zero-order chi connectivity index (χ0) is 21.7. The molecule has 4 aliphatic rings. The van der Waals surface area contributed by atoms with Crippen LogP contribution in [0.2, 0.25) is 0 Å². The largest absolute Gasteiger partial charge is 0.389 e. The van der Waals surface area contributed by atoms with Gasteiger partial charge in [-0.05, 0) is 110 Å². The van der Waals surface area contributed by atoms with Crippen molar-refractivity contribution in [2.24, 2.45) is 52.3 Å². The Morgan fingerprint density at radius 3 is 2.27 bits per heavy atom. The summed E-state index contributed by atoms with van der Waals surface area (Å²) in [5.74, 6) is 6.18. The third kappa shape index (κ3) is 3.52. The Kier molecular flexibility index (Phi) is 6.47. The van der Waals surface area contributed by atoms with Gasteiger partial charge in [-0.1, -0.05) is 67.2 Å². The van der Waals surface area contributed by atoms with E-state index in [1.807, 2.05) is 0 Å². The predicted molar refractivity (Wildman–Crippen MR) is 128 cm³/mol. The van der Waals surface area contributed by atoms with Gasteiger partial charge in [0.1, 0.15) is 0 Å². The summed E-state index contributed by atoms with van der Waals surface area (Å²) in [6.07, 6.45) is 17.3. The van der Waals surface area contributed by atoms with Crippen LogP contribution >= 0.6 is 0 Å². The quantitative estimate of drug-likeness (QED) is 0.462. The van der Waals surface area contributed by atoms with Crippen molar-refractivity contribution in [1.29, 1.82) is 0 Å². The molecule has 0 heterocycles. The maximum absolute atomic E-state index is 11.6. The minimum absolute atomic E-state index is 0.199. The molecule has 0 radical (unpaired) electrons. The standard InChI is InChI=1S/C29H52O/c1-7-22(20(2)3)11-10-21(4)24-12-13-25-23-14-19-29(30)17-9-8-16-28(29,6)26(23)15-18-27(24,25)5/h20-26,30H,7-19H2,1-6H3/t21-,22-,23+,24-,25+,26+,27-,28-,29-/m1/s1. The summed E-state index contributed by atoms with van der Waals surface area (Å²) in [7, 11) is 0. The molecule has 0 aromatic heterocycles. The van der Waals surface area contributed by atoms with Gasteiger partial charge in [-0.3, -0.25) is 0 Å². The molecule has 1 N–H and O–H groups in total. The molecule has 4 rings (SSSR count). The molecule has 0 amide bonds. The normalized spacial score (nSPS) is 48.0. The van der Waals surface area contributed by atoms with E-state index in [4.69, 9.17) is 0 Å². The summed E-state index contributed by atoms with van der Waals surface area (Å²) in [4.78, 5) is 0. The molecule has 0 aromatic carbocycles. The zero-order valence-electron chi connectivity index (χ0n) is 21.2. The fraction of sp³-hybridized carbons (Fsp3) is 1.00. The molecular formula is C29H52O. The first-order valence-corrected chi connectivity index (χ1v) is 13.9. The molecule has 0 unspecified atom stereocenters. The third-order valence-electron chi connectivity index (χ3n) is 12.0. The second kappa shape index (κ2) is 8.39. The summed E-state index contributed by atoms with van der Waals surface area (Å²) < 4.78 is 0. The fourth-order valence-electron chi connectivity index (χ4n) is 9.92. The molecule has 4 saturated carbocycles. The summed E-state index contributed by atoms with van der Waals surface area (Å²) >= 11 is 0. The van der Waals surface area contributed by atoms with Crippen molar-refractivity contribution in [2.75, 3.05) is 0 Å². The van der Waals surface area contributed by atoms with Crippen molar-refractivity contribution in [1.82, 2.24) is 0 Å². The van der Waals surface area contributed by atoms with Crippen LogP contribution in [-0.4, -0.2) is 10.7 Å². The van der Waals surface area contributed by atoms with Crippen molar-refractivity contribution in [2.45, 2.75) is 131 Å². The van der Waals surface area contributed by atoms with Gasteiger partial charge in [-0.15, -0.1) is 0 Å².